The number of rotatable bonds is 0. The maximum atomic E-state index is 12.7. The largest absolute Gasteiger partial charge is 0.325 e. The summed E-state index contributed by atoms with van der Waals surface area (Å²) >= 11 is 1.83. The lowest BCUT2D eigenvalue weighted by molar-refractivity contribution is 0.134. The SMILES string of the molecule is CC1c2ccsc2CCN1C(=O)N1CCCCCC1. The van der Waals surface area contributed by atoms with Crippen LogP contribution in [-0.2, 0) is 6.42 Å². The van der Waals surface area contributed by atoms with Gasteiger partial charge in [-0.2, -0.15) is 0 Å². The second-order valence-corrected chi connectivity index (χ2v) is 6.60. The van der Waals surface area contributed by atoms with Crippen LogP contribution in [0.25, 0.3) is 0 Å². The topological polar surface area (TPSA) is 23.6 Å². The van der Waals surface area contributed by atoms with Crippen LogP contribution in [-0.4, -0.2) is 35.5 Å². The monoisotopic (exact) mass is 278 g/mol. The van der Waals surface area contributed by atoms with E-state index in [1.807, 2.05) is 11.3 Å². The van der Waals surface area contributed by atoms with E-state index in [4.69, 9.17) is 0 Å². The minimum Gasteiger partial charge on any atom is -0.325 e. The fraction of sp³-hybridized carbons (Fsp3) is 0.667. The number of urea groups is 1. The minimum absolute atomic E-state index is 0.241. The van der Waals surface area contributed by atoms with E-state index in [0.29, 0.717) is 0 Å². The summed E-state index contributed by atoms with van der Waals surface area (Å²) in [5.74, 6) is 0. The van der Waals surface area contributed by atoms with Crippen molar-refractivity contribution in [3.63, 3.8) is 0 Å². The van der Waals surface area contributed by atoms with Gasteiger partial charge in [-0.25, -0.2) is 4.79 Å². The van der Waals surface area contributed by atoms with E-state index in [1.54, 1.807) is 0 Å². The standard InChI is InChI=1S/C15H22N2OS/c1-12-13-7-11-19-14(13)6-10-17(12)15(18)16-8-4-2-3-5-9-16/h7,11-12H,2-6,8-10H2,1H3. The Morgan fingerprint density at radius 2 is 1.95 bits per heavy atom. The molecule has 1 aromatic heterocycles. The zero-order chi connectivity index (χ0) is 13.2. The number of carbonyl (C=O) groups is 1. The molecule has 3 rings (SSSR count). The van der Waals surface area contributed by atoms with Gasteiger partial charge in [0.1, 0.15) is 0 Å². The number of fused-ring (bicyclic) bond motifs is 1. The van der Waals surface area contributed by atoms with Crippen molar-refractivity contribution >= 4 is 17.4 Å². The first-order valence-corrected chi connectivity index (χ1v) is 8.27. The molecule has 0 N–H and O–H groups in total. The molecule has 19 heavy (non-hydrogen) atoms. The summed E-state index contributed by atoms with van der Waals surface area (Å²) < 4.78 is 0. The zero-order valence-electron chi connectivity index (χ0n) is 11.6. The lowest BCUT2D eigenvalue weighted by Crippen LogP contribution is -2.47. The number of thiophene rings is 1. The number of hydrogen-bond acceptors (Lipinski definition) is 2. The highest BCUT2D eigenvalue weighted by molar-refractivity contribution is 7.10. The van der Waals surface area contributed by atoms with Crippen molar-refractivity contribution in [2.45, 2.75) is 45.1 Å². The van der Waals surface area contributed by atoms with Crippen molar-refractivity contribution in [3.8, 4) is 0 Å². The summed E-state index contributed by atoms with van der Waals surface area (Å²) in [4.78, 5) is 18.3. The van der Waals surface area contributed by atoms with Crippen molar-refractivity contribution in [3.05, 3.63) is 21.9 Å². The van der Waals surface area contributed by atoms with Gasteiger partial charge >= 0.3 is 6.03 Å². The average molecular weight is 278 g/mol. The molecule has 0 aromatic carbocycles. The Kier molecular flexibility index (Phi) is 3.78. The number of amides is 2. The Labute approximate surface area is 119 Å². The molecule has 104 valence electrons. The van der Waals surface area contributed by atoms with E-state index in [-0.39, 0.29) is 12.1 Å². The van der Waals surface area contributed by atoms with E-state index in [1.165, 1.54) is 23.3 Å². The van der Waals surface area contributed by atoms with Crippen molar-refractivity contribution in [2.75, 3.05) is 19.6 Å². The Morgan fingerprint density at radius 1 is 1.21 bits per heavy atom. The smallest absolute Gasteiger partial charge is 0.320 e. The summed E-state index contributed by atoms with van der Waals surface area (Å²) in [6, 6.07) is 2.68. The predicted molar refractivity (Wildman–Crippen MR) is 78.6 cm³/mol. The van der Waals surface area contributed by atoms with Gasteiger partial charge in [-0.15, -0.1) is 11.3 Å². The van der Waals surface area contributed by atoms with Crippen LogP contribution in [0.4, 0.5) is 4.79 Å². The Hall–Kier alpha value is -1.03. The van der Waals surface area contributed by atoms with E-state index in [2.05, 4.69) is 28.2 Å². The highest BCUT2D eigenvalue weighted by atomic mass is 32.1. The van der Waals surface area contributed by atoms with Gasteiger partial charge in [0.25, 0.3) is 0 Å². The molecule has 4 heteroatoms. The molecule has 0 bridgehead atoms. The third-order valence-corrected chi connectivity index (χ3v) is 5.40. The molecule has 1 saturated heterocycles. The van der Waals surface area contributed by atoms with Crippen LogP contribution >= 0.6 is 11.3 Å². The molecule has 0 saturated carbocycles. The molecule has 1 atom stereocenters. The third kappa shape index (κ3) is 2.50. The second kappa shape index (κ2) is 5.53. The first-order chi connectivity index (χ1) is 9.27. The summed E-state index contributed by atoms with van der Waals surface area (Å²) in [7, 11) is 0. The molecule has 1 unspecified atom stereocenters. The lowest BCUT2D eigenvalue weighted by atomic mass is 10.0. The highest BCUT2D eigenvalue weighted by Gasteiger charge is 2.31. The molecule has 3 heterocycles. The molecule has 2 amide bonds. The van der Waals surface area contributed by atoms with Crippen LogP contribution in [0.2, 0.25) is 0 Å². The average Bonchev–Trinajstić information content (AvgIpc) is 2.73. The molecule has 0 aliphatic carbocycles. The molecule has 2 aliphatic heterocycles. The lowest BCUT2D eigenvalue weighted by Gasteiger charge is -2.37. The molecule has 0 radical (unpaired) electrons. The van der Waals surface area contributed by atoms with E-state index in [0.717, 1.165) is 38.9 Å². The van der Waals surface area contributed by atoms with Crippen LogP contribution in [0.5, 0.6) is 0 Å². The van der Waals surface area contributed by atoms with Crippen LogP contribution in [0.1, 0.15) is 49.1 Å². The van der Waals surface area contributed by atoms with E-state index >= 15 is 0 Å². The predicted octanol–water partition coefficient (Wildman–Crippen LogP) is 3.66. The first kappa shape index (κ1) is 13.0. The van der Waals surface area contributed by atoms with Crippen LogP contribution < -0.4 is 0 Å². The van der Waals surface area contributed by atoms with E-state index < -0.39 is 0 Å². The highest BCUT2D eigenvalue weighted by Crippen LogP contribution is 2.33. The van der Waals surface area contributed by atoms with Crippen LogP contribution in [0.15, 0.2) is 11.4 Å². The minimum atomic E-state index is 0.241. The summed E-state index contributed by atoms with van der Waals surface area (Å²) in [5, 5.41) is 2.15. The maximum Gasteiger partial charge on any atom is 0.320 e. The molecule has 1 aromatic rings. The maximum absolute atomic E-state index is 12.7. The molecule has 1 fully saturated rings. The van der Waals surface area contributed by atoms with Gasteiger partial charge in [0.15, 0.2) is 0 Å². The quantitative estimate of drug-likeness (QED) is 0.710. The summed E-state index contributed by atoms with van der Waals surface area (Å²) in [6.07, 6.45) is 5.90. The normalized spacial score (nSPS) is 23.9. The Morgan fingerprint density at radius 3 is 2.68 bits per heavy atom. The molecule has 3 nitrogen and oxygen atoms in total. The van der Waals surface area contributed by atoms with Crippen molar-refractivity contribution in [1.29, 1.82) is 0 Å². The van der Waals surface area contributed by atoms with Crippen molar-refractivity contribution in [2.24, 2.45) is 0 Å². The van der Waals surface area contributed by atoms with Crippen LogP contribution in [0.3, 0.4) is 0 Å². The molecule has 0 spiro atoms. The van der Waals surface area contributed by atoms with Crippen molar-refractivity contribution in [1.82, 2.24) is 9.80 Å². The molecule has 2 aliphatic rings. The van der Waals surface area contributed by atoms with Gasteiger partial charge in [-0.3, -0.25) is 0 Å². The first-order valence-electron chi connectivity index (χ1n) is 7.39. The van der Waals surface area contributed by atoms with Gasteiger partial charge in [-0.1, -0.05) is 12.8 Å². The Balaban J connectivity index is 1.73. The number of carbonyl (C=O) groups excluding carboxylic acids is 1. The van der Waals surface area contributed by atoms with E-state index in [9.17, 15) is 4.79 Å². The number of nitrogens with zero attached hydrogens (tertiary/aromatic N) is 2. The fourth-order valence-electron chi connectivity index (χ4n) is 3.21. The number of likely N-dealkylation sites (tertiary alicyclic amines) is 1. The van der Waals surface area contributed by atoms with Gasteiger partial charge in [0, 0.05) is 24.5 Å². The Bertz CT molecular complexity index is 449. The fourth-order valence-corrected chi connectivity index (χ4v) is 4.18. The van der Waals surface area contributed by atoms with Gasteiger partial charge < -0.3 is 9.80 Å². The van der Waals surface area contributed by atoms with Gasteiger partial charge in [-0.05, 0) is 43.2 Å². The van der Waals surface area contributed by atoms with Gasteiger partial charge in [0.05, 0.1) is 6.04 Å². The number of hydrogen-bond donors (Lipinski definition) is 0. The third-order valence-electron chi connectivity index (χ3n) is 4.40. The molecular weight excluding hydrogens is 256 g/mol. The second-order valence-electron chi connectivity index (χ2n) is 5.60. The summed E-state index contributed by atoms with van der Waals surface area (Å²) in [5.41, 5.74) is 1.36. The summed E-state index contributed by atoms with van der Waals surface area (Å²) in [6.45, 7) is 4.93. The van der Waals surface area contributed by atoms with Crippen molar-refractivity contribution < 1.29 is 4.79 Å². The van der Waals surface area contributed by atoms with Gasteiger partial charge in [0.2, 0.25) is 0 Å². The zero-order valence-corrected chi connectivity index (χ0v) is 12.4. The molecular formula is C15H22N2OS. The van der Waals surface area contributed by atoms with Crippen LogP contribution in [0, 0.1) is 0 Å².